The third kappa shape index (κ3) is 14.3. The van der Waals surface area contributed by atoms with E-state index < -0.39 is 11.6 Å². The summed E-state index contributed by atoms with van der Waals surface area (Å²) in [6.07, 6.45) is 0. The zero-order valence-corrected chi connectivity index (χ0v) is 19.5. The maximum atomic E-state index is 9.77. The number of benzene rings is 1. The number of carboxylic acid groups (broad SMARTS) is 1. The number of nitrogens with two attached hydrogens (primary N) is 2. The van der Waals surface area contributed by atoms with Gasteiger partial charge in [-0.1, -0.05) is 41.9 Å². The van der Waals surface area contributed by atoms with Gasteiger partial charge in [-0.25, -0.2) is 0 Å². The van der Waals surface area contributed by atoms with Crippen molar-refractivity contribution < 1.29 is 15.0 Å². The third-order valence-corrected chi connectivity index (χ3v) is 3.41. The highest BCUT2D eigenvalue weighted by Gasteiger charge is 2.14. The SMILES string of the molecule is CC.CC(C)(O)CN=C(N)/C(C#N)=C(\N)c1ccc(Br)cc1.CN(C)CC(=O)O. The molecule has 9 heteroatoms. The molecule has 0 aliphatic rings. The van der Waals surface area contributed by atoms with E-state index >= 15 is 0 Å². The Balaban J connectivity index is 0. The van der Waals surface area contributed by atoms with Crippen LogP contribution in [-0.2, 0) is 4.79 Å². The molecular formula is C20H32BrN5O3. The Bertz CT molecular complexity index is 730. The number of aliphatic carboxylic acids is 1. The summed E-state index contributed by atoms with van der Waals surface area (Å²) in [6, 6.07) is 9.15. The Morgan fingerprint density at radius 2 is 1.72 bits per heavy atom. The Morgan fingerprint density at radius 1 is 1.24 bits per heavy atom. The average molecular weight is 470 g/mol. The predicted octanol–water partition coefficient (Wildman–Crippen LogP) is 2.43. The van der Waals surface area contributed by atoms with Crippen LogP contribution in [0.2, 0.25) is 0 Å². The van der Waals surface area contributed by atoms with Crippen LogP contribution >= 0.6 is 15.9 Å². The van der Waals surface area contributed by atoms with Crippen molar-refractivity contribution in [3.63, 3.8) is 0 Å². The number of halogens is 1. The molecule has 0 saturated carbocycles. The van der Waals surface area contributed by atoms with Gasteiger partial charge in [0.05, 0.1) is 24.4 Å². The number of rotatable bonds is 6. The molecule has 0 atom stereocenters. The molecule has 1 rings (SSSR count). The van der Waals surface area contributed by atoms with Gasteiger partial charge in [0.2, 0.25) is 0 Å². The second-order valence-electron chi connectivity index (χ2n) is 6.55. The maximum Gasteiger partial charge on any atom is 0.317 e. The van der Waals surface area contributed by atoms with Gasteiger partial charge in [0, 0.05) is 4.47 Å². The van der Waals surface area contributed by atoms with Crippen LogP contribution in [0.15, 0.2) is 39.3 Å². The minimum Gasteiger partial charge on any atom is -0.480 e. The lowest BCUT2D eigenvalue weighted by molar-refractivity contribution is -0.137. The van der Waals surface area contributed by atoms with Gasteiger partial charge in [-0.2, -0.15) is 5.26 Å². The van der Waals surface area contributed by atoms with E-state index in [1.54, 1.807) is 45.0 Å². The summed E-state index contributed by atoms with van der Waals surface area (Å²) in [5.41, 5.74) is 11.8. The summed E-state index contributed by atoms with van der Waals surface area (Å²) in [6.45, 7) is 7.42. The first-order valence-corrected chi connectivity index (χ1v) is 9.71. The standard InChI is InChI=1S/C14H17BrN4O.C4H9NO2.C2H6/c1-14(2,20)8-19-13(18)11(7-16)12(17)9-3-5-10(15)6-4-9;1-5(2)3-4(6)7;1-2/h3-6,20H,8,17H2,1-2H3,(H2,18,19);3H2,1-2H3,(H,6,7);1-2H3/b12-11-;;. The quantitative estimate of drug-likeness (QED) is 0.283. The molecule has 162 valence electrons. The van der Waals surface area contributed by atoms with Crippen LogP contribution in [0, 0.1) is 11.3 Å². The molecule has 1 aromatic carbocycles. The molecule has 0 aromatic heterocycles. The van der Waals surface area contributed by atoms with Gasteiger partial charge in [0.25, 0.3) is 0 Å². The van der Waals surface area contributed by atoms with Crippen LogP contribution in [0.1, 0.15) is 33.3 Å². The molecule has 0 radical (unpaired) electrons. The molecule has 0 bridgehead atoms. The van der Waals surface area contributed by atoms with Crippen molar-refractivity contribution in [2.75, 3.05) is 27.2 Å². The van der Waals surface area contributed by atoms with Gasteiger partial charge in [0.1, 0.15) is 17.5 Å². The van der Waals surface area contributed by atoms with Gasteiger partial charge in [-0.15, -0.1) is 0 Å². The lowest BCUT2D eigenvalue weighted by atomic mass is 10.1. The summed E-state index contributed by atoms with van der Waals surface area (Å²) in [7, 11) is 3.43. The molecule has 0 heterocycles. The van der Waals surface area contributed by atoms with Crippen molar-refractivity contribution in [3.05, 3.63) is 39.9 Å². The Labute approximate surface area is 181 Å². The second kappa shape index (κ2) is 14.6. The van der Waals surface area contributed by atoms with Gasteiger partial charge in [-0.3, -0.25) is 14.7 Å². The van der Waals surface area contributed by atoms with Gasteiger partial charge >= 0.3 is 5.97 Å². The van der Waals surface area contributed by atoms with E-state index in [-0.39, 0.29) is 30.2 Å². The number of aliphatic imine (C=N–C) groups is 1. The van der Waals surface area contributed by atoms with E-state index in [9.17, 15) is 15.2 Å². The van der Waals surface area contributed by atoms with Crippen molar-refractivity contribution >= 4 is 33.4 Å². The summed E-state index contributed by atoms with van der Waals surface area (Å²) < 4.78 is 0.913. The minimum absolute atomic E-state index is 0.0232. The van der Waals surface area contributed by atoms with Crippen LogP contribution in [0.4, 0.5) is 0 Å². The maximum absolute atomic E-state index is 9.77. The highest BCUT2D eigenvalue weighted by Crippen LogP contribution is 2.17. The number of carbonyl (C=O) groups is 1. The monoisotopic (exact) mass is 469 g/mol. The lowest BCUT2D eigenvalue weighted by Crippen LogP contribution is -2.26. The molecule has 0 aliphatic carbocycles. The fraction of sp³-hybridized carbons (Fsp3) is 0.450. The molecule has 0 spiro atoms. The van der Waals surface area contributed by atoms with Crippen molar-refractivity contribution in [3.8, 4) is 6.07 Å². The van der Waals surface area contributed by atoms with Crippen molar-refractivity contribution in [1.29, 1.82) is 5.26 Å². The summed E-state index contributed by atoms with van der Waals surface area (Å²) >= 11 is 3.33. The number of aliphatic hydroxyl groups is 1. The van der Waals surface area contributed by atoms with E-state index in [0.29, 0.717) is 5.56 Å². The zero-order chi connectivity index (χ0) is 23.2. The number of likely N-dealkylation sites (N-methyl/N-ethyl adjacent to an activating group) is 1. The summed E-state index contributed by atoms with van der Waals surface area (Å²) in [5.74, 6) is -0.764. The number of hydrogen-bond donors (Lipinski definition) is 4. The van der Waals surface area contributed by atoms with Crippen LogP contribution in [-0.4, -0.2) is 59.7 Å². The van der Waals surface area contributed by atoms with Crippen LogP contribution < -0.4 is 11.5 Å². The molecule has 0 aliphatic heterocycles. The van der Waals surface area contributed by atoms with Crippen molar-refractivity contribution in [1.82, 2.24) is 4.90 Å². The lowest BCUT2D eigenvalue weighted by Gasteiger charge is -2.14. The summed E-state index contributed by atoms with van der Waals surface area (Å²) in [4.78, 5) is 15.4. The largest absolute Gasteiger partial charge is 0.480 e. The molecular weight excluding hydrogens is 438 g/mol. The van der Waals surface area contributed by atoms with Crippen molar-refractivity contribution in [2.45, 2.75) is 33.3 Å². The van der Waals surface area contributed by atoms with Gasteiger partial charge < -0.3 is 21.7 Å². The first kappa shape index (κ1) is 28.8. The number of amidine groups is 1. The molecule has 0 saturated heterocycles. The highest BCUT2D eigenvalue weighted by molar-refractivity contribution is 9.10. The molecule has 0 amide bonds. The normalized spacial score (nSPS) is 11.9. The van der Waals surface area contributed by atoms with E-state index in [1.165, 1.54) is 0 Å². The van der Waals surface area contributed by atoms with Gasteiger partial charge in [0.15, 0.2) is 0 Å². The minimum atomic E-state index is -0.989. The van der Waals surface area contributed by atoms with Crippen LogP contribution in [0.25, 0.3) is 5.70 Å². The first-order chi connectivity index (χ1) is 13.4. The van der Waals surface area contributed by atoms with Crippen LogP contribution in [0.5, 0.6) is 0 Å². The topological polar surface area (TPSA) is 149 Å². The average Bonchev–Trinajstić information content (AvgIpc) is 2.61. The number of nitriles is 1. The van der Waals surface area contributed by atoms with E-state index in [1.807, 2.05) is 32.0 Å². The third-order valence-electron chi connectivity index (χ3n) is 2.88. The Hall–Kier alpha value is -2.41. The molecule has 1 aromatic rings. The summed E-state index contributed by atoms with van der Waals surface area (Å²) in [5, 5.41) is 26.8. The fourth-order valence-corrected chi connectivity index (χ4v) is 1.92. The Morgan fingerprint density at radius 3 is 2.03 bits per heavy atom. The van der Waals surface area contributed by atoms with E-state index in [2.05, 4.69) is 20.9 Å². The van der Waals surface area contributed by atoms with Crippen LogP contribution in [0.3, 0.4) is 0 Å². The van der Waals surface area contributed by atoms with Gasteiger partial charge in [-0.05, 0) is 45.6 Å². The van der Waals surface area contributed by atoms with Crippen molar-refractivity contribution in [2.24, 2.45) is 16.5 Å². The molecule has 29 heavy (non-hydrogen) atoms. The second-order valence-corrected chi connectivity index (χ2v) is 7.47. The predicted molar refractivity (Wildman–Crippen MR) is 121 cm³/mol. The highest BCUT2D eigenvalue weighted by atomic mass is 79.9. The number of hydrogen-bond acceptors (Lipinski definition) is 6. The van der Waals surface area contributed by atoms with E-state index in [0.717, 1.165) is 4.47 Å². The fourth-order valence-electron chi connectivity index (χ4n) is 1.66. The molecule has 0 fully saturated rings. The number of nitrogens with zero attached hydrogens (tertiary/aromatic N) is 3. The first-order valence-electron chi connectivity index (χ1n) is 8.92. The zero-order valence-electron chi connectivity index (χ0n) is 17.9. The molecule has 0 unspecified atom stereocenters. The molecule has 8 nitrogen and oxygen atoms in total. The number of carboxylic acids is 1. The molecule has 6 N–H and O–H groups in total. The van der Waals surface area contributed by atoms with E-state index in [4.69, 9.17) is 16.6 Å². The smallest absolute Gasteiger partial charge is 0.317 e. The Kier molecular flexibility index (Phi) is 14.5.